The van der Waals surface area contributed by atoms with Crippen LogP contribution in [-0.4, -0.2) is 105 Å². The Morgan fingerprint density at radius 2 is 1.32 bits per heavy atom. The number of phenols is 4. The number of azide groups is 1. The van der Waals surface area contributed by atoms with E-state index in [9.17, 15) is 57.1 Å². The van der Waals surface area contributed by atoms with Gasteiger partial charge < -0.3 is 51.1 Å². The number of carboxylic acids is 1. The lowest BCUT2D eigenvalue weighted by atomic mass is 9.95. The van der Waals surface area contributed by atoms with Gasteiger partial charge in [0, 0.05) is 104 Å². The van der Waals surface area contributed by atoms with E-state index in [1.165, 1.54) is 152 Å². The summed E-state index contributed by atoms with van der Waals surface area (Å²) in [7, 11) is -7.46. The molecule has 0 aliphatic carbocycles. The van der Waals surface area contributed by atoms with E-state index in [4.69, 9.17) is 15.7 Å². The minimum absolute atomic E-state index is 0.0124. The lowest BCUT2D eigenvalue weighted by Gasteiger charge is -2.23. The number of aryl methyl sites for hydroxylation is 3. The molecule has 12 aromatic carbocycles. The number of azo groups is 1. The van der Waals surface area contributed by atoms with Gasteiger partial charge in [0.1, 0.15) is 40.5 Å². The highest BCUT2D eigenvalue weighted by atomic mass is 32.2. The third-order valence-electron chi connectivity index (χ3n) is 21.1. The van der Waals surface area contributed by atoms with Gasteiger partial charge in [-0.25, -0.2) is 65.6 Å². The Bertz CT molecular complexity index is 8330. The van der Waals surface area contributed by atoms with Gasteiger partial charge in [-0.15, -0.1) is 10.2 Å². The summed E-state index contributed by atoms with van der Waals surface area (Å²) in [6, 6.07) is 80.0. The molecule has 0 aliphatic rings. The van der Waals surface area contributed by atoms with Crippen LogP contribution in [0.1, 0.15) is 64.5 Å². The maximum absolute atomic E-state index is 12.2. The molecule has 0 unspecified atom stereocenters. The number of pyridine rings is 2. The van der Waals surface area contributed by atoms with Crippen LogP contribution in [0.25, 0.3) is 96.6 Å². The van der Waals surface area contributed by atoms with E-state index in [1.54, 1.807) is 116 Å². The molecule has 694 valence electrons. The number of phenolic OH excluding ortho intramolecular Hbond substituents is 4. The maximum atomic E-state index is 12.2. The number of nitrogens with one attached hydrogen (secondary N) is 5. The molecule has 34 nitrogen and oxygen atoms in total. The Morgan fingerprint density at radius 1 is 0.626 bits per heavy atom. The zero-order valence-corrected chi connectivity index (χ0v) is 77.4. The number of aromatic hydroxyl groups is 5. The number of hydrogen-bond acceptors (Lipinski definition) is 28. The highest BCUT2D eigenvalue weighted by molar-refractivity contribution is 7.93. The summed E-state index contributed by atoms with van der Waals surface area (Å²) in [6.07, 6.45) is 14.3. The Kier molecular flexibility index (Phi) is 30.1. The van der Waals surface area contributed by atoms with Gasteiger partial charge in [0.25, 0.3) is 20.0 Å². The molecule has 20 aromatic rings. The average molecular weight is 1930 g/mol. The number of nitrogens with zero attached hydrogens (tertiary/aromatic N) is 15. The topological polar surface area (TPSA) is 519 Å². The van der Waals surface area contributed by atoms with Crippen molar-refractivity contribution in [3.8, 4) is 39.2 Å². The molecule has 0 saturated heterocycles. The summed E-state index contributed by atoms with van der Waals surface area (Å²) in [5, 5.41) is 85.6. The van der Waals surface area contributed by atoms with Gasteiger partial charge in [-0.3, -0.25) is 20.1 Å². The number of nitrogen functional groups attached to an aromatic ring is 1. The number of hydrogen-bond donors (Lipinski definition) is 12. The van der Waals surface area contributed by atoms with Crippen LogP contribution in [0, 0.1) is 13.8 Å². The molecule has 20 rings (SSSR count). The summed E-state index contributed by atoms with van der Waals surface area (Å²) >= 11 is 2.69. The number of carboxylic acid groups (broad SMARTS) is 1. The number of aromatic carboxylic acids is 1. The zero-order valence-electron chi connectivity index (χ0n) is 74.1. The van der Waals surface area contributed by atoms with Crippen LogP contribution in [0.15, 0.2) is 367 Å². The van der Waals surface area contributed by atoms with Gasteiger partial charge in [0.2, 0.25) is 16.2 Å². The minimum atomic E-state index is -3.75. The SMILES string of the molecule is CC(N=Nc1nc2ccccc2s1)=NNc1cccc(O)c1.CCC[n+]1ccc2c(C)c3[nH]c4ccccc4c3c(C)c2c1.Nc1ccc(S(=O)(=O)Nc2cnc3ccccc3n2)cc1.O=C(O)c1ccccc1N[C@H](c1ccccc1)c1ccc2cccnc2c1O.O=c1oc2ccccc2c(O)c1C=Nc1ncc(-c2ccc(O)c(O)c2)s1.[N-]=[N+]=Nc1ccc(S(=O)(=O)Nc2ncccn2)cc1. The van der Waals surface area contributed by atoms with E-state index >= 15 is 0 Å². The van der Waals surface area contributed by atoms with Gasteiger partial charge in [-0.2, -0.15) is 5.10 Å². The first-order valence-electron chi connectivity index (χ1n) is 42.5. The van der Waals surface area contributed by atoms with Crippen LogP contribution < -0.4 is 36.1 Å². The van der Waals surface area contributed by atoms with Gasteiger partial charge in [0.15, 0.2) is 35.5 Å². The number of carbonyl (C=O) groups is 1. The fourth-order valence-electron chi connectivity index (χ4n) is 14.4. The summed E-state index contributed by atoms with van der Waals surface area (Å²) < 4.78 is 61.6. The number of nitrogens with two attached hydrogens (primary N) is 1. The van der Waals surface area contributed by atoms with Crippen molar-refractivity contribution < 1.29 is 61.3 Å². The number of amidine groups is 1. The number of fused-ring (bicyclic) bond motifs is 8. The molecular weight excluding hydrogens is 1840 g/mol. The molecule has 0 saturated carbocycles. The first-order valence-corrected chi connectivity index (χ1v) is 47.1. The number of aromatic amines is 1. The van der Waals surface area contributed by atoms with Crippen LogP contribution in [0.5, 0.6) is 28.7 Å². The molecule has 0 amide bonds. The standard InChI is InChI=1S/C23H18N2O3.C20H20N2.C19H12N2O5S.C15H13N5OS.C14H12N4O2S.C10H8N6O2S/c26-22-18(13-12-16-9-6-14-24-21(16)22)20(15-7-2-1-3-8-15)25-19-11-5-4-10-17(19)23(27)28;1-4-10-22-11-9-15-14(3)20-19(13(2)17(15)12-22)16-7-5-6-8-18(16)21-20;22-13-6-5-10(7-14(13)23)16-9-21-19(27-16)20-8-12-17(24)11-3-1-2-4-15(11)26-18(12)25;1-10(17-19-11-5-4-6-12(21)9-11)18-20-15-16-13-7-2-3-8-14(13)22-15;15-10-5-7-11(8-6-10)21(19,20)18-14-9-16-12-3-1-2-4-13(12)17-14;11-16-14-8-2-4-9(5-3-8)19(17,18)15-10-12-6-1-7-13-10/h1-14,20,25-26H,(H,27,28);5-9,11-12H,4,10H2,1-3H3;1-9,22-24H;2-9,19,21H,1H3;1-9H,15H2,(H,17,18);1-7H,(H,12,13,15)/p+1/t20-;;;;;/m1...../s1. The van der Waals surface area contributed by atoms with Crippen molar-refractivity contribution in [3.63, 3.8) is 0 Å². The van der Waals surface area contributed by atoms with Crippen molar-refractivity contribution in [3.05, 3.63) is 377 Å². The first kappa shape index (κ1) is 95.6. The van der Waals surface area contributed by atoms with Crippen LogP contribution in [-0.2, 0) is 26.6 Å². The Hall–Kier alpha value is -18.0. The fraction of sp³-hybridized carbons (Fsp3) is 0.0693. The number of aliphatic imine (C=N–C) groups is 1. The monoisotopic (exact) mass is 1930 g/mol. The first-order chi connectivity index (χ1) is 67.2. The predicted octanol–water partition coefficient (Wildman–Crippen LogP) is 22.2. The summed E-state index contributed by atoms with van der Waals surface area (Å²) in [5.41, 5.74) is 28.4. The van der Waals surface area contributed by atoms with Crippen LogP contribution in [0.3, 0.4) is 0 Å². The maximum Gasteiger partial charge on any atom is 0.348 e. The number of sulfonamides is 2. The van der Waals surface area contributed by atoms with Crippen LogP contribution in [0.4, 0.5) is 44.8 Å². The van der Waals surface area contributed by atoms with E-state index in [2.05, 4.69) is 158 Å². The molecule has 0 fully saturated rings. The van der Waals surface area contributed by atoms with Crippen LogP contribution in [0.2, 0.25) is 0 Å². The zero-order chi connectivity index (χ0) is 97.7. The molecule has 0 radical (unpaired) electrons. The number of aromatic nitrogens is 9. The molecule has 0 spiro atoms. The molecule has 38 heteroatoms. The lowest BCUT2D eigenvalue weighted by Crippen LogP contribution is -2.32. The normalized spacial score (nSPS) is 11.6. The number of para-hydroxylation sites is 6. The molecular formula is C101H84N21O13S4+. The fourth-order valence-corrected chi connectivity index (χ4v) is 17.8. The molecule has 0 aliphatic heterocycles. The second-order valence-corrected chi connectivity index (χ2v) is 35.9. The van der Waals surface area contributed by atoms with Crippen molar-refractivity contribution >= 4 is 181 Å². The Labute approximate surface area is 800 Å². The molecule has 8 heterocycles. The van der Waals surface area contributed by atoms with Crippen molar-refractivity contribution in [1.82, 2.24) is 39.9 Å². The van der Waals surface area contributed by atoms with E-state index in [-0.39, 0.29) is 61.4 Å². The van der Waals surface area contributed by atoms with Crippen molar-refractivity contribution in [2.75, 3.05) is 25.9 Å². The quantitative estimate of drug-likeness (QED) is 0.00322. The van der Waals surface area contributed by atoms with E-state index < -0.39 is 37.7 Å². The largest absolute Gasteiger partial charge is 0.508 e. The number of H-pyrrole nitrogens is 1. The summed E-state index contributed by atoms with van der Waals surface area (Å²) in [6.45, 7) is 9.50. The van der Waals surface area contributed by atoms with Crippen molar-refractivity contribution in [2.24, 2.45) is 25.4 Å². The number of thiazole rings is 2. The van der Waals surface area contributed by atoms with Gasteiger partial charge in [-0.05, 0) is 187 Å². The highest BCUT2D eigenvalue weighted by Gasteiger charge is 2.25. The molecule has 1 atom stereocenters. The lowest BCUT2D eigenvalue weighted by molar-refractivity contribution is -0.695. The second-order valence-electron chi connectivity index (χ2n) is 30.5. The minimum Gasteiger partial charge on any atom is -0.508 e. The predicted molar refractivity (Wildman–Crippen MR) is 543 cm³/mol. The van der Waals surface area contributed by atoms with Gasteiger partial charge in [0.05, 0.1) is 70.3 Å². The third-order valence-corrected chi connectivity index (χ3v) is 25.6. The Balaban J connectivity index is 0.000000127. The number of rotatable bonds is 20. The summed E-state index contributed by atoms with van der Waals surface area (Å²) in [4.78, 5) is 63.7. The van der Waals surface area contributed by atoms with Crippen molar-refractivity contribution in [1.29, 1.82) is 0 Å². The summed E-state index contributed by atoms with van der Waals surface area (Å²) in [5.74, 6) is -0.786. The highest BCUT2D eigenvalue weighted by Crippen LogP contribution is 2.41. The van der Waals surface area contributed by atoms with E-state index in [1.807, 2.05) is 91.0 Å². The second kappa shape index (κ2) is 43.8. The molecule has 8 aromatic heterocycles. The van der Waals surface area contributed by atoms with E-state index in [0.717, 1.165) is 34.1 Å². The van der Waals surface area contributed by atoms with E-state index in [0.29, 0.717) is 82.4 Å². The third kappa shape index (κ3) is 23.6. The average Bonchev–Trinajstić information content (AvgIpc) is 1.59. The van der Waals surface area contributed by atoms with Crippen molar-refractivity contribution in [2.45, 2.75) is 56.5 Å². The smallest absolute Gasteiger partial charge is 0.348 e. The number of anilines is 5. The molecule has 139 heavy (non-hydrogen) atoms. The van der Waals surface area contributed by atoms with Crippen LogP contribution >= 0.6 is 22.7 Å². The van der Waals surface area contributed by atoms with Gasteiger partial charge >= 0.3 is 11.6 Å². The molecule has 0 bridgehead atoms. The molecule has 13 N–H and O–H groups in total. The van der Waals surface area contributed by atoms with Gasteiger partial charge in [-0.1, -0.05) is 168 Å². The Morgan fingerprint density at radius 3 is 2.06 bits per heavy atom. The number of hydrazone groups is 1. The number of benzene rings is 12.